The summed E-state index contributed by atoms with van der Waals surface area (Å²) in [6, 6.07) is 7.24. The molecule has 43 heavy (non-hydrogen) atoms. The highest BCUT2D eigenvalue weighted by molar-refractivity contribution is 6.04. The summed E-state index contributed by atoms with van der Waals surface area (Å²) >= 11 is 0. The lowest BCUT2D eigenvalue weighted by molar-refractivity contribution is -0.152. The number of carbonyl (C=O) groups is 6. The van der Waals surface area contributed by atoms with E-state index in [4.69, 9.17) is 9.47 Å². The van der Waals surface area contributed by atoms with Gasteiger partial charge in [0.25, 0.3) is 0 Å². The molecule has 234 valence electrons. The van der Waals surface area contributed by atoms with E-state index in [1.807, 2.05) is 12.1 Å². The van der Waals surface area contributed by atoms with Crippen LogP contribution in [0, 0.1) is 11.8 Å². The van der Waals surface area contributed by atoms with Gasteiger partial charge in [-0.3, -0.25) is 38.6 Å². The van der Waals surface area contributed by atoms with Gasteiger partial charge in [0.2, 0.25) is 35.4 Å². The van der Waals surface area contributed by atoms with Gasteiger partial charge in [0.15, 0.2) is 0 Å². The number of β-lactam (4-membered cyclic amide) rings is 1. The molecule has 4 rings (SSSR count). The van der Waals surface area contributed by atoms with Crippen LogP contribution < -0.4 is 10.6 Å². The van der Waals surface area contributed by atoms with E-state index < -0.39 is 0 Å². The minimum absolute atomic E-state index is 0.0766. The monoisotopic (exact) mass is 598 g/mol. The molecule has 0 radical (unpaired) electrons. The van der Waals surface area contributed by atoms with E-state index in [-0.39, 0.29) is 80.2 Å². The lowest BCUT2D eigenvalue weighted by Gasteiger charge is -2.28. The second-order valence-corrected chi connectivity index (χ2v) is 11.2. The first-order valence-electron chi connectivity index (χ1n) is 15.3. The maximum Gasteiger partial charge on any atom is 0.233 e. The molecule has 6 amide bonds. The molecule has 1 aromatic rings. The number of hydrogen-bond donors (Lipinski definition) is 2. The van der Waals surface area contributed by atoms with Crippen molar-refractivity contribution in [2.24, 2.45) is 11.8 Å². The molecule has 1 unspecified atom stereocenters. The van der Waals surface area contributed by atoms with E-state index >= 15 is 0 Å². The molecular weight excluding hydrogens is 556 g/mol. The maximum absolute atomic E-state index is 12.6. The Labute approximate surface area is 251 Å². The number of ether oxygens (including phenoxy) is 2. The Morgan fingerprint density at radius 3 is 2.23 bits per heavy atom. The second-order valence-electron chi connectivity index (χ2n) is 11.2. The van der Waals surface area contributed by atoms with Crippen molar-refractivity contribution in [1.82, 2.24) is 15.1 Å². The quantitative estimate of drug-likeness (QED) is 0.157. The Morgan fingerprint density at radius 1 is 0.837 bits per heavy atom. The number of imide groups is 2. The first-order chi connectivity index (χ1) is 20.8. The van der Waals surface area contributed by atoms with Crippen molar-refractivity contribution >= 4 is 41.1 Å². The fourth-order valence-corrected chi connectivity index (χ4v) is 5.67. The van der Waals surface area contributed by atoms with Crippen LogP contribution in [0.5, 0.6) is 0 Å². The number of nitrogens with one attached hydrogen (secondary N) is 2. The molecule has 1 saturated carbocycles. The van der Waals surface area contributed by atoms with Gasteiger partial charge in [-0.2, -0.15) is 0 Å². The molecule has 2 saturated heterocycles. The molecule has 12 nitrogen and oxygen atoms in total. The van der Waals surface area contributed by atoms with Crippen molar-refractivity contribution in [3.05, 3.63) is 29.8 Å². The minimum atomic E-state index is -0.236. The molecule has 3 aliphatic rings. The Balaban J connectivity index is 0.967. The zero-order chi connectivity index (χ0) is 30.6. The first-order valence-corrected chi connectivity index (χ1v) is 15.3. The normalized spacial score (nSPS) is 18.7. The van der Waals surface area contributed by atoms with Crippen LogP contribution >= 0.6 is 0 Å². The molecular formula is C31H42N4O8. The standard InChI is InChI=1S/C31H42N4O8/c36-26(11-15-35-30(40)21-25(31(35)41)23-3-1-2-4-23)32-14-18-43-20-19-42-17-13-27(37)33-24-8-5-22(6-9-24)7-10-28(38)34-16-12-29(34)39/h5-6,8-9,23,25H,1-4,7,10-21H2,(H,32,36)(H,33,37). The second kappa shape index (κ2) is 16.3. The molecule has 1 aromatic carbocycles. The van der Waals surface area contributed by atoms with Crippen molar-refractivity contribution in [1.29, 1.82) is 0 Å². The van der Waals surface area contributed by atoms with Gasteiger partial charge in [-0.25, -0.2) is 0 Å². The predicted molar refractivity (Wildman–Crippen MR) is 155 cm³/mol. The topological polar surface area (TPSA) is 151 Å². The van der Waals surface area contributed by atoms with Gasteiger partial charge < -0.3 is 20.1 Å². The Hall–Kier alpha value is -3.64. The van der Waals surface area contributed by atoms with Crippen LogP contribution in [0.25, 0.3) is 0 Å². The van der Waals surface area contributed by atoms with Crippen LogP contribution in [0.1, 0.15) is 63.4 Å². The molecule has 0 bridgehead atoms. The summed E-state index contributed by atoms with van der Waals surface area (Å²) in [5.74, 6) is -0.885. The van der Waals surface area contributed by atoms with Gasteiger partial charge in [-0.1, -0.05) is 25.0 Å². The first kappa shape index (κ1) is 32.3. The fraction of sp³-hybridized carbons (Fsp3) is 0.613. The van der Waals surface area contributed by atoms with Gasteiger partial charge in [0.1, 0.15) is 0 Å². The maximum atomic E-state index is 12.6. The van der Waals surface area contributed by atoms with Gasteiger partial charge in [-0.05, 0) is 42.9 Å². The molecule has 0 spiro atoms. The van der Waals surface area contributed by atoms with Crippen LogP contribution in [-0.2, 0) is 44.7 Å². The number of amides is 6. The number of aryl methyl sites for hydroxylation is 1. The fourth-order valence-electron chi connectivity index (χ4n) is 5.67. The summed E-state index contributed by atoms with van der Waals surface area (Å²) in [5.41, 5.74) is 1.60. The molecule has 1 atom stereocenters. The summed E-state index contributed by atoms with van der Waals surface area (Å²) in [7, 11) is 0. The molecule has 3 fully saturated rings. The third kappa shape index (κ3) is 9.69. The number of benzene rings is 1. The van der Waals surface area contributed by atoms with Crippen molar-refractivity contribution in [2.45, 2.75) is 64.2 Å². The van der Waals surface area contributed by atoms with Crippen LogP contribution in [0.15, 0.2) is 24.3 Å². The number of nitrogens with zero attached hydrogens (tertiary/aromatic N) is 2. The highest BCUT2D eigenvalue weighted by Crippen LogP contribution is 2.37. The van der Waals surface area contributed by atoms with Crippen LogP contribution in [0.3, 0.4) is 0 Å². The predicted octanol–water partition coefficient (Wildman–Crippen LogP) is 1.81. The van der Waals surface area contributed by atoms with E-state index in [1.54, 1.807) is 12.1 Å². The highest BCUT2D eigenvalue weighted by Gasteiger charge is 2.43. The largest absolute Gasteiger partial charge is 0.379 e. The SMILES string of the molecule is O=C(CCN1C(=O)CC(C2CCCC2)C1=O)NCCOCCOCCC(=O)Nc1ccc(CCC(=O)N2CCC2=O)cc1. The van der Waals surface area contributed by atoms with E-state index in [0.29, 0.717) is 57.4 Å². The van der Waals surface area contributed by atoms with E-state index in [0.717, 1.165) is 31.2 Å². The number of carbonyl (C=O) groups excluding carboxylic acids is 6. The number of likely N-dealkylation sites (tertiary alicyclic amines) is 2. The van der Waals surface area contributed by atoms with Crippen molar-refractivity contribution < 1.29 is 38.2 Å². The smallest absolute Gasteiger partial charge is 0.233 e. The van der Waals surface area contributed by atoms with Gasteiger partial charge in [0, 0.05) is 51.0 Å². The van der Waals surface area contributed by atoms with Gasteiger partial charge >= 0.3 is 0 Å². The van der Waals surface area contributed by atoms with Crippen LogP contribution in [-0.4, -0.2) is 91.3 Å². The highest BCUT2D eigenvalue weighted by atomic mass is 16.5. The average molecular weight is 599 g/mol. The number of rotatable bonds is 17. The summed E-state index contributed by atoms with van der Waals surface area (Å²) in [5, 5.41) is 5.54. The Morgan fingerprint density at radius 2 is 1.56 bits per heavy atom. The van der Waals surface area contributed by atoms with Gasteiger partial charge in [-0.15, -0.1) is 0 Å². The van der Waals surface area contributed by atoms with Gasteiger partial charge in [0.05, 0.1) is 38.8 Å². The lowest BCUT2D eigenvalue weighted by atomic mass is 9.89. The molecule has 0 aromatic heterocycles. The Kier molecular flexibility index (Phi) is 12.2. The van der Waals surface area contributed by atoms with Crippen molar-refractivity contribution in [3.63, 3.8) is 0 Å². The average Bonchev–Trinajstić information content (AvgIpc) is 3.61. The molecule has 2 heterocycles. The van der Waals surface area contributed by atoms with Crippen LogP contribution in [0.4, 0.5) is 5.69 Å². The molecule has 2 aliphatic heterocycles. The summed E-state index contributed by atoms with van der Waals surface area (Å²) in [6.07, 6.45) is 6.02. The molecule has 1 aliphatic carbocycles. The summed E-state index contributed by atoms with van der Waals surface area (Å²) in [4.78, 5) is 75.0. The molecule has 2 N–H and O–H groups in total. The van der Waals surface area contributed by atoms with Crippen molar-refractivity contribution in [2.75, 3.05) is 51.4 Å². The van der Waals surface area contributed by atoms with Crippen LogP contribution in [0.2, 0.25) is 0 Å². The summed E-state index contributed by atoms with van der Waals surface area (Å²) < 4.78 is 10.9. The summed E-state index contributed by atoms with van der Waals surface area (Å²) in [6.45, 7) is 2.08. The van der Waals surface area contributed by atoms with E-state index in [9.17, 15) is 28.8 Å². The Bertz CT molecular complexity index is 1160. The number of anilines is 1. The van der Waals surface area contributed by atoms with E-state index in [2.05, 4.69) is 10.6 Å². The zero-order valence-corrected chi connectivity index (χ0v) is 24.6. The van der Waals surface area contributed by atoms with Crippen molar-refractivity contribution in [3.8, 4) is 0 Å². The third-order valence-electron chi connectivity index (χ3n) is 8.24. The van der Waals surface area contributed by atoms with E-state index in [1.165, 1.54) is 9.80 Å². The third-order valence-corrected chi connectivity index (χ3v) is 8.24. The zero-order valence-electron chi connectivity index (χ0n) is 24.6. The lowest BCUT2D eigenvalue weighted by Crippen LogP contribution is -2.47. The molecule has 12 heteroatoms. The minimum Gasteiger partial charge on any atom is -0.379 e. The number of hydrogen-bond acceptors (Lipinski definition) is 8.